The quantitative estimate of drug-likeness (QED) is 0.279. The fourth-order valence-electron chi connectivity index (χ4n) is 1.46. The second-order valence-electron chi connectivity index (χ2n) is 4.23. The molecule has 1 rings (SSSR count). The van der Waals surface area contributed by atoms with E-state index >= 15 is 0 Å². The molecule has 7 heteroatoms. The minimum Gasteiger partial charge on any atom is -0.507 e. The van der Waals surface area contributed by atoms with Crippen LogP contribution in [0, 0.1) is 0 Å². The van der Waals surface area contributed by atoms with Crippen molar-refractivity contribution in [1.82, 2.24) is 10.7 Å². The Labute approximate surface area is 123 Å². The number of carbonyl (C=O) groups is 2. The molecule has 1 aromatic rings. The van der Waals surface area contributed by atoms with Gasteiger partial charge in [0.25, 0.3) is 0 Å². The average molecular weight is 293 g/mol. The van der Waals surface area contributed by atoms with Crippen molar-refractivity contribution in [2.75, 3.05) is 20.3 Å². The molecule has 3 N–H and O–H groups in total. The number of para-hydroxylation sites is 1. The molecule has 2 amide bonds. The van der Waals surface area contributed by atoms with Gasteiger partial charge in [0.05, 0.1) is 6.21 Å². The highest BCUT2D eigenvalue weighted by molar-refractivity contribution is 5.97. The number of methoxy groups -OCH3 is 1. The smallest absolute Gasteiger partial charge is 0.249 e. The number of amides is 2. The molecule has 0 unspecified atom stereocenters. The summed E-state index contributed by atoms with van der Waals surface area (Å²) in [5.41, 5.74) is 2.70. The van der Waals surface area contributed by atoms with Crippen LogP contribution in [0.1, 0.15) is 18.4 Å². The van der Waals surface area contributed by atoms with Gasteiger partial charge in [0.2, 0.25) is 11.8 Å². The van der Waals surface area contributed by atoms with Gasteiger partial charge in [0.15, 0.2) is 0 Å². The highest BCUT2D eigenvalue weighted by Crippen LogP contribution is 2.12. The molecule has 0 aromatic heterocycles. The fraction of sp³-hybridized carbons (Fsp3) is 0.357. The van der Waals surface area contributed by atoms with E-state index < -0.39 is 5.91 Å². The lowest BCUT2D eigenvalue weighted by Gasteiger charge is -2.04. The molecule has 1 aromatic carbocycles. The van der Waals surface area contributed by atoms with Crippen LogP contribution in [0.15, 0.2) is 29.4 Å². The molecule has 0 spiro atoms. The first-order valence-corrected chi connectivity index (χ1v) is 6.49. The van der Waals surface area contributed by atoms with Gasteiger partial charge in [-0.05, 0) is 18.6 Å². The minimum absolute atomic E-state index is 0.0615. The summed E-state index contributed by atoms with van der Waals surface area (Å²) in [6.45, 7) is 1.01. The zero-order chi connectivity index (χ0) is 15.5. The van der Waals surface area contributed by atoms with E-state index in [1.165, 1.54) is 12.3 Å². The first-order valence-electron chi connectivity index (χ1n) is 6.49. The molecule has 0 heterocycles. The van der Waals surface area contributed by atoms with Crippen LogP contribution in [0.2, 0.25) is 0 Å². The van der Waals surface area contributed by atoms with Crippen LogP contribution in [0.4, 0.5) is 0 Å². The van der Waals surface area contributed by atoms with Crippen LogP contribution in [0.3, 0.4) is 0 Å². The van der Waals surface area contributed by atoms with Gasteiger partial charge in [0.1, 0.15) is 12.2 Å². The van der Waals surface area contributed by atoms with Crippen molar-refractivity contribution in [1.29, 1.82) is 0 Å². The number of carbonyl (C=O) groups excluding carboxylic acids is 2. The van der Waals surface area contributed by atoms with Gasteiger partial charge < -0.3 is 15.2 Å². The van der Waals surface area contributed by atoms with E-state index in [9.17, 15) is 14.7 Å². The maximum absolute atomic E-state index is 11.4. The molecule has 7 nitrogen and oxygen atoms in total. The summed E-state index contributed by atoms with van der Waals surface area (Å²) >= 11 is 0. The molecule has 0 aliphatic rings. The Morgan fingerprint density at radius 1 is 1.33 bits per heavy atom. The minimum atomic E-state index is -0.522. The predicted molar refractivity (Wildman–Crippen MR) is 78.0 cm³/mol. The second-order valence-corrected chi connectivity index (χ2v) is 4.23. The number of ether oxygens (including phenoxy) is 1. The molecular formula is C14H19N3O4. The summed E-state index contributed by atoms with van der Waals surface area (Å²) in [4.78, 5) is 22.8. The summed E-state index contributed by atoms with van der Waals surface area (Å²) in [6, 6.07) is 6.57. The lowest BCUT2D eigenvalue weighted by molar-refractivity contribution is -0.129. The van der Waals surface area contributed by atoms with Crippen LogP contribution in [0.25, 0.3) is 0 Å². The van der Waals surface area contributed by atoms with Crippen molar-refractivity contribution < 1.29 is 19.4 Å². The number of hydrazone groups is 1. The van der Waals surface area contributed by atoms with Gasteiger partial charge in [-0.15, -0.1) is 0 Å². The Morgan fingerprint density at radius 2 is 2.10 bits per heavy atom. The van der Waals surface area contributed by atoms with Crippen molar-refractivity contribution in [2.24, 2.45) is 5.10 Å². The normalized spacial score (nSPS) is 10.5. The standard InChI is InChI=1S/C14H19N3O4/c1-21-8-4-7-15-13(19)9-14(20)17-16-10-11-5-2-3-6-12(11)18/h2-3,5-6,10,18H,4,7-9H2,1H3,(H,15,19)(H,17,20)/b16-10-. The highest BCUT2D eigenvalue weighted by atomic mass is 16.5. The molecule has 0 aliphatic carbocycles. The molecule has 0 radical (unpaired) electrons. The van der Waals surface area contributed by atoms with Gasteiger partial charge in [-0.1, -0.05) is 12.1 Å². The number of hydrogen-bond acceptors (Lipinski definition) is 5. The first kappa shape index (κ1) is 16.6. The van der Waals surface area contributed by atoms with E-state index in [-0.39, 0.29) is 18.1 Å². The number of nitrogens with one attached hydrogen (secondary N) is 2. The number of phenolic OH excluding ortho intramolecular Hbond substituents is 1. The number of phenols is 1. The second kappa shape index (κ2) is 9.49. The number of benzene rings is 1. The van der Waals surface area contributed by atoms with Gasteiger partial charge in [-0.25, -0.2) is 5.43 Å². The number of rotatable bonds is 8. The van der Waals surface area contributed by atoms with Crippen LogP contribution in [-0.2, 0) is 14.3 Å². The molecule has 0 saturated heterocycles. The third kappa shape index (κ3) is 7.07. The Morgan fingerprint density at radius 3 is 2.81 bits per heavy atom. The maximum atomic E-state index is 11.4. The Hall–Kier alpha value is -2.41. The van der Waals surface area contributed by atoms with Crippen molar-refractivity contribution in [3.63, 3.8) is 0 Å². The van der Waals surface area contributed by atoms with Gasteiger partial charge in [-0.2, -0.15) is 5.10 Å². The van der Waals surface area contributed by atoms with Gasteiger partial charge >= 0.3 is 0 Å². The average Bonchev–Trinajstić information content (AvgIpc) is 2.45. The number of hydrogen-bond donors (Lipinski definition) is 3. The molecule has 114 valence electrons. The zero-order valence-corrected chi connectivity index (χ0v) is 11.8. The van der Waals surface area contributed by atoms with Crippen molar-refractivity contribution in [3.05, 3.63) is 29.8 Å². The predicted octanol–water partition coefficient (Wildman–Crippen LogP) is 0.385. The molecule has 0 aliphatic heterocycles. The lowest BCUT2D eigenvalue weighted by Crippen LogP contribution is -2.30. The third-order valence-electron chi connectivity index (χ3n) is 2.50. The van der Waals surface area contributed by atoms with E-state index in [4.69, 9.17) is 4.74 Å². The third-order valence-corrected chi connectivity index (χ3v) is 2.50. The molecular weight excluding hydrogens is 274 g/mol. The largest absolute Gasteiger partial charge is 0.507 e. The molecule has 0 bridgehead atoms. The Kier molecular flexibility index (Phi) is 7.52. The monoisotopic (exact) mass is 293 g/mol. The first-order chi connectivity index (χ1) is 10.1. The van der Waals surface area contributed by atoms with Gasteiger partial charge in [-0.3, -0.25) is 9.59 Å². The summed E-state index contributed by atoms with van der Waals surface area (Å²) in [5, 5.41) is 15.8. The zero-order valence-electron chi connectivity index (χ0n) is 11.8. The number of aromatic hydroxyl groups is 1. The van der Waals surface area contributed by atoms with Crippen LogP contribution in [0.5, 0.6) is 5.75 Å². The van der Waals surface area contributed by atoms with E-state index in [1.54, 1.807) is 25.3 Å². The van der Waals surface area contributed by atoms with Crippen LogP contribution < -0.4 is 10.7 Å². The Balaban J connectivity index is 2.27. The molecule has 0 saturated carbocycles. The van der Waals surface area contributed by atoms with Gasteiger partial charge in [0, 0.05) is 25.8 Å². The molecule has 21 heavy (non-hydrogen) atoms. The van der Waals surface area contributed by atoms with E-state index in [0.717, 1.165) is 0 Å². The van der Waals surface area contributed by atoms with Crippen molar-refractivity contribution in [2.45, 2.75) is 12.8 Å². The summed E-state index contributed by atoms with van der Waals surface area (Å²) in [7, 11) is 1.58. The topological polar surface area (TPSA) is 100 Å². The van der Waals surface area contributed by atoms with Crippen LogP contribution >= 0.6 is 0 Å². The van der Waals surface area contributed by atoms with E-state index in [0.29, 0.717) is 25.1 Å². The lowest BCUT2D eigenvalue weighted by atomic mass is 10.2. The summed E-state index contributed by atoms with van der Waals surface area (Å²) in [5.74, 6) is -0.835. The fourth-order valence-corrected chi connectivity index (χ4v) is 1.46. The Bertz CT molecular complexity index is 503. The van der Waals surface area contributed by atoms with Crippen molar-refractivity contribution in [3.8, 4) is 5.75 Å². The van der Waals surface area contributed by atoms with Crippen LogP contribution in [-0.4, -0.2) is 43.4 Å². The summed E-state index contributed by atoms with van der Waals surface area (Å²) in [6.07, 6.45) is 1.70. The molecule has 0 fully saturated rings. The van der Waals surface area contributed by atoms with Crippen molar-refractivity contribution >= 4 is 18.0 Å². The SMILES string of the molecule is COCCCNC(=O)CC(=O)N/N=C\c1ccccc1O. The van der Waals surface area contributed by atoms with E-state index in [2.05, 4.69) is 15.8 Å². The molecule has 0 atom stereocenters. The van der Waals surface area contributed by atoms with E-state index in [1.807, 2.05) is 0 Å². The summed E-state index contributed by atoms with van der Waals surface area (Å²) < 4.78 is 4.84. The number of nitrogens with zero attached hydrogens (tertiary/aromatic N) is 1. The highest BCUT2D eigenvalue weighted by Gasteiger charge is 2.07. The maximum Gasteiger partial charge on any atom is 0.249 e.